The Kier molecular flexibility index (Phi) is 15.9. The van der Waals surface area contributed by atoms with Gasteiger partial charge in [0, 0.05) is 0 Å². The molecule has 0 saturated carbocycles. The predicted octanol–water partition coefficient (Wildman–Crippen LogP) is 0.498. The first-order valence-corrected chi connectivity index (χ1v) is 4.40. The molecule has 0 unspecified atom stereocenters. The van der Waals surface area contributed by atoms with Gasteiger partial charge < -0.3 is 0 Å². The van der Waals surface area contributed by atoms with Crippen LogP contribution in [-0.2, 0) is 4.79 Å². The van der Waals surface area contributed by atoms with Crippen molar-refractivity contribution in [1.82, 2.24) is 0 Å². The molecule has 0 aromatic heterocycles. The van der Waals surface area contributed by atoms with Gasteiger partial charge in [0.2, 0.25) is 0 Å². The van der Waals surface area contributed by atoms with Crippen molar-refractivity contribution in [1.29, 1.82) is 0 Å². The summed E-state index contributed by atoms with van der Waals surface area (Å²) in [6, 6.07) is 0. The molecule has 0 spiro atoms. The number of carboxylic acids is 1. The summed E-state index contributed by atoms with van der Waals surface area (Å²) in [5.74, 6) is -0.662. The number of hydrogen-bond donors (Lipinski definition) is 1. The zero-order valence-corrected chi connectivity index (χ0v) is 7.89. The monoisotopic (exact) mass is 127 g/mol. The van der Waals surface area contributed by atoms with Crippen molar-refractivity contribution in [2.45, 2.75) is 7.44 Å². The van der Waals surface area contributed by atoms with Crippen molar-refractivity contribution in [3.8, 4) is 0 Å². The second kappa shape index (κ2) is 10.2. The molecule has 37 valence electrons. The molecular formula is C4H8KO2. The minimum Gasteiger partial charge on any atom is -0.0654 e. The van der Waals surface area contributed by atoms with Crippen molar-refractivity contribution in [2.24, 2.45) is 0 Å². The molecule has 2 nitrogen and oxygen atoms in total. The van der Waals surface area contributed by atoms with E-state index < -0.39 is 5.97 Å². The standard InChI is InChI=1S/C2H3O2.C2H5.K/c1-2(3)4;1-2;/h1H2,(H,3,4);1H2,2H3;. The molecule has 0 amide bonds. The Hall–Kier alpha value is 1.11. The van der Waals surface area contributed by atoms with Crippen LogP contribution in [0.5, 0.6) is 0 Å². The average molecular weight is 127 g/mol. The van der Waals surface area contributed by atoms with Crippen molar-refractivity contribution in [3.63, 3.8) is 0 Å². The van der Waals surface area contributed by atoms with Crippen LogP contribution < -0.4 is 0 Å². The maximum Gasteiger partial charge on any atom is -0.0564 e. The van der Waals surface area contributed by atoms with Crippen LogP contribution in [0.4, 0.5) is 0 Å². The van der Waals surface area contributed by atoms with Crippen molar-refractivity contribution < 1.29 is 9.90 Å². The van der Waals surface area contributed by atoms with Gasteiger partial charge in [0.25, 0.3) is 0 Å². The van der Waals surface area contributed by atoms with Crippen LogP contribution in [0, 0.1) is 6.92 Å². The van der Waals surface area contributed by atoms with Gasteiger partial charge in [-0.1, -0.05) is 13.8 Å². The number of rotatable bonds is 1. The molecule has 0 heterocycles. The first kappa shape index (κ1) is 11.0. The maximum absolute atomic E-state index is 9.41. The summed E-state index contributed by atoms with van der Waals surface area (Å²) in [6.45, 7) is 5.00. The summed E-state index contributed by atoms with van der Waals surface area (Å²) in [5, 5.41) is 7.77. The molecular weight excluding hydrogens is 119 g/mol. The fourth-order valence-corrected chi connectivity index (χ4v) is 0. The third-order valence-corrected chi connectivity index (χ3v) is 1.25. The molecule has 0 aliphatic rings. The van der Waals surface area contributed by atoms with Gasteiger partial charge >= 0.3 is 65.3 Å². The first-order valence-electron chi connectivity index (χ1n) is 2.20. The number of aliphatic carboxylic acids is 1. The van der Waals surface area contributed by atoms with E-state index in [4.69, 9.17) is 5.11 Å². The van der Waals surface area contributed by atoms with Crippen LogP contribution >= 0.6 is 0 Å². The Morgan fingerprint density at radius 2 is 2.00 bits per heavy atom. The molecule has 7 heavy (non-hydrogen) atoms. The van der Waals surface area contributed by atoms with Gasteiger partial charge in [-0.25, -0.2) is 0 Å². The van der Waals surface area contributed by atoms with Crippen LogP contribution in [0.15, 0.2) is 0 Å². The summed E-state index contributed by atoms with van der Waals surface area (Å²) < 4.78 is 0.410. The average Bonchev–Trinajstić information content (AvgIpc) is 1.73. The summed E-state index contributed by atoms with van der Waals surface area (Å²) in [6.07, 6.45) is 0. The van der Waals surface area contributed by atoms with Crippen molar-refractivity contribution in [3.05, 3.63) is 6.92 Å². The van der Waals surface area contributed by atoms with Gasteiger partial charge in [-0.3, -0.25) is 0 Å². The van der Waals surface area contributed by atoms with Crippen LogP contribution in [0.25, 0.3) is 0 Å². The molecule has 0 aromatic rings. The quantitative estimate of drug-likeness (QED) is 0.521. The molecule has 0 bridgehead atoms. The van der Waals surface area contributed by atoms with Gasteiger partial charge in [0.1, 0.15) is 0 Å². The second-order valence-corrected chi connectivity index (χ2v) is 1.85. The number of carbonyl (C=O) groups is 1. The summed E-state index contributed by atoms with van der Waals surface area (Å²) >= 11 is 0.485. The molecule has 0 aliphatic carbocycles. The second-order valence-electron chi connectivity index (χ2n) is 0.747. The van der Waals surface area contributed by atoms with Crippen molar-refractivity contribution >= 4 is 54.9 Å². The Labute approximate surface area is 77.9 Å². The molecule has 3 heteroatoms. The third-order valence-electron chi connectivity index (χ3n) is 0.302. The van der Waals surface area contributed by atoms with Crippen LogP contribution in [0.2, 0.25) is 0.515 Å². The Morgan fingerprint density at radius 1 is 1.86 bits per heavy atom. The van der Waals surface area contributed by atoms with Crippen LogP contribution in [0.3, 0.4) is 0 Å². The number of hydrogen-bond acceptors (Lipinski definition) is 1. The molecule has 0 rings (SSSR count). The van der Waals surface area contributed by atoms with Gasteiger partial charge in [-0.2, -0.15) is 0 Å². The van der Waals surface area contributed by atoms with E-state index >= 15 is 0 Å². The van der Waals surface area contributed by atoms with E-state index in [0.717, 1.165) is 0 Å². The molecule has 0 fully saturated rings. The van der Waals surface area contributed by atoms with Crippen molar-refractivity contribution in [2.75, 3.05) is 0 Å². The van der Waals surface area contributed by atoms with E-state index in [0.29, 0.717) is 49.5 Å². The van der Waals surface area contributed by atoms with E-state index in [1.165, 1.54) is 0 Å². The molecule has 0 aliphatic heterocycles. The van der Waals surface area contributed by atoms with Crippen LogP contribution in [-0.4, -0.2) is 60.0 Å². The summed E-state index contributed by atoms with van der Waals surface area (Å²) in [4.78, 5) is 9.41. The summed E-state index contributed by atoms with van der Waals surface area (Å²) in [5.41, 5.74) is 0. The zero-order valence-electron chi connectivity index (χ0n) is 4.77. The van der Waals surface area contributed by atoms with E-state index in [2.05, 4.69) is 6.92 Å². The predicted molar refractivity (Wildman–Crippen MR) is 29.2 cm³/mol. The van der Waals surface area contributed by atoms with Gasteiger partial charge in [0.05, 0.1) is 0 Å². The van der Waals surface area contributed by atoms with E-state index in [1.54, 1.807) is 6.92 Å². The fourth-order valence-electron chi connectivity index (χ4n) is 0. The van der Waals surface area contributed by atoms with Gasteiger partial charge in [0.15, 0.2) is 0 Å². The smallest absolute Gasteiger partial charge is 0.0564 e. The topological polar surface area (TPSA) is 37.3 Å². The van der Waals surface area contributed by atoms with E-state index in [9.17, 15) is 4.79 Å². The normalized spacial score (nSPS) is 6.29. The summed E-state index contributed by atoms with van der Waals surface area (Å²) in [7, 11) is 0. The Balaban J connectivity index is 0. The Morgan fingerprint density at radius 3 is 2.00 bits per heavy atom. The molecule has 0 saturated heterocycles. The zero-order chi connectivity index (χ0) is 6.28. The minimum atomic E-state index is -0.662. The molecule has 0 atom stereocenters. The molecule has 1 N–H and O–H groups in total. The van der Waals surface area contributed by atoms with Gasteiger partial charge in [-0.15, -0.1) is 0 Å². The molecule has 1 radical (unpaired) electrons. The van der Waals surface area contributed by atoms with Crippen LogP contribution in [0.1, 0.15) is 6.92 Å². The largest absolute Gasteiger partial charge is 0.0654 e. The van der Waals surface area contributed by atoms with Gasteiger partial charge in [-0.05, 0) is 0 Å². The number of carboxylic acid groups (broad SMARTS) is 1. The maximum atomic E-state index is 9.41. The molecule has 0 aromatic carbocycles. The Bertz CT molecular complexity index is 45.0. The van der Waals surface area contributed by atoms with E-state index in [1.807, 2.05) is 0 Å². The first-order chi connectivity index (χ1) is 3.27. The third kappa shape index (κ3) is 19.2. The van der Waals surface area contributed by atoms with E-state index in [-0.39, 0.29) is 0 Å². The minimum absolute atomic E-state index is 0.410. The fraction of sp³-hybridized carbons (Fsp3) is 0.500. The SMILES string of the molecule is O=C(O)[CH2][K].[CH2]C.